The molecule has 0 amide bonds. The zero-order valence-electron chi connectivity index (χ0n) is 33.9. The topological polar surface area (TPSA) is 19.6 Å². The molecule has 0 radical (unpaired) electrons. The van der Waals surface area contributed by atoms with Crippen LogP contribution in [0, 0.1) is 0 Å². The Hall–Kier alpha value is -7.62. The molecule has 0 N–H and O–H groups in total. The molecule has 1 aliphatic heterocycles. The summed E-state index contributed by atoms with van der Waals surface area (Å²) in [6.07, 6.45) is 0. The normalized spacial score (nSPS) is 14.6. The molecule has 2 heterocycles. The van der Waals surface area contributed by atoms with Crippen molar-refractivity contribution in [3.8, 4) is 22.3 Å². The predicted octanol–water partition coefficient (Wildman–Crippen LogP) is 15.5. The van der Waals surface area contributed by atoms with Crippen molar-refractivity contribution in [1.29, 1.82) is 0 Å². The number of furan rings is 1. The van der Waals surface area contributed by atoms with Crippen molar-refractivity contribution in [1.82, 2.24) is 0 Å². The summed E-state index contributed by atoms with van der Waals surface area (Å²) in [7, 11) is 0. The van der Waals surface area contributed by atoms with Crippen molar-refractivity contribution < 1.29 is 4.42 Å². The van der Waals surface area contributed by atoms with E-state index < -0.39 is 5.41 Å². The molecule has 1 aromatic heterocycles. The first-order chi connectivity index (χ1) is 30.0. The first-order valence-electron chi connectivity index (χ1n) is 21.3. The summed E-state index contributed by atoms with van der Waals surface area (Å²) < 4.78 is 6.40. The lowest BCUT2D eigenvalue weighted by atomic mass is 9.64. The third kappa shape index (κ3) is 4.53. The van der Waals surface area contributed by atoms with Gasteiger partial charge in [0.05, 0.1) is 22.5 Å². The van der Waals surface area contributed by atoms with Crippen LogP contribution in [-0.2, 0) is 10.8 Å². The van der Waals surface area contributed by atoms with Crippen LogP contribution in [0.3, 0.4) is 0 Å². The van der Waals surface area contributed by atoms with E-state index in [1.807, 2.05) is 6.07 Å². The highest BCUT2D eigenvalue weighted by molar-refractivity contribution is 6.08. The smallest absolute Gasteiger partial charge is 0.135 e. The van der Waals surface area contributed by atoms with Gasteiger partial charge in [0.2, 0.25) is 0 Å². The summed E-state index contributed by atoms with van der Waals surface area (Å²) in [6.45, 7) is 4.73. The van der Waals surface area contributed by atoms with Gasteiger partial charge in [0.15, 0.2) is 0 Å². The van der Waals surface area contributed by atoms with Gasteiger partial charge in [-0.3, -0.25) is 0 Å². The maximum atomic E-state index is 6.40. The molecule has 3 nitrogen and oxygen atoms in total. The minimum Gasteiger partial charge on any atom is -0.456 e. The molecule has 10 aromatic rings. The molecule has 0 fully saturated rings. The lowest BCUT2D eigenvalue weighted by molar-refractivity contribution is 0.660. The van der Waals surface area contributed by atoms with Crippen molar-refractivity contribution in [2.45, 2.75) is 24.7 Å². The monoisotopic (exact) mass is 780 g/mol. The second-order valence-corrected chi connectivity index (χ2v) is 17.2. The van der Waals surface area contributed by atoms with Gasteiger partial charge in [-0.15, -0.1) is 0 Å². The Morgan fingerprint density at radius 3 is 1.77 bits per heavy atom. The van der Waals surface area contributed by atoms with E-state index >= 15 is 0 Å². The van der Waals surface area contributed by atoms with Crippen LogP contribution < -0.4 is 9.80 Å². The largest absolute Gasteiger partial charge is 0.456 e. The van der Waals surface area contributed by atoms with Gasteiger partial charge in [-0.1, -0.05) is 153 Å². The van der Waals surface area contributed by atoms with Crippen molar-refractivity contribution in [3.63, 3.8) is 0 Å². The first-order valence-corrected chi connectivity index (χ1v) is 21.3. The Morgan fingerprint density at radius 1 is 0.410 bits per heavy atom. The maximum Gasteiger partial charge on any atom is 0.135 e. The Morgan fingerprint density at radius 2 is 0.984 bits per heavy atom. The Balaban J connectivity index is 1.11. The highest BCUT2D eigenvalue weighted by Gasteiger charge is 2.52. The fourth-order valence-corrected chi connectivity index (χ4v) is 11.3. The third-order valence-corrected chi connectivity index (χ3v) is 13.8. The van der Waals surface area contributed by atoms with Crippen molar-refractivity contribution >= 4 is 56.1 Å². The lowest BCUT2D eigenvalue weighted by Crippen LogP contribution is -2.36. The summed E-state index contributed by atoms with van der Waals surface area (Å²) in [5.74, 6) is 0. The zero-order valence-corrected chi connectivity index (χ0v) is 33.9. The van der Waals surface area contributed by atoms with Crippen molar-refractivity contribution in [2.24, 2.45) is 0 Å². The van der Waals surface area contributed by atoms with Crippen LogP contribution in [0.1, 0.15) is 47.2 Å². The molecule has 61 heavy (non-hydrogen) atoms. The number of nitrogens with zero attached hydrogens (tertiary/aromatic N) is 2. The van der Waals surface area contributed by atoms with Crippen LogP contribution in [0.25, 0.3) is 44.2 Å². The molecule has 0 atom stereocenters. The van der Waals surface area contributed by atoms with E-state index in [1.54, 1.807) is 0 Å². The number of benzene rings is 9. The molecule has 0 saturated carbocycles. The van der Waals surface area contributed by atoms with E-state index in [4.69, 9.17) is 4.42 Å². The second-order valence-electron chi connectivity index (χ2n) is 17.2. The molecule has 0 bridgehead atoms. The van der Waals surface area contributed by atoms with Crippen LogP contribution in [0.5, 0.6) is 0 Å². The molecule has 288 valence electrons. The van der Waals surface area contributed by atoms with E-state index in [-0.39, 0.29) is 5.41 Å². The minimum absolute atomic E-state index is 0.159. The lowest BCUT2D eigenvalue weighted by Gasteiger charge is -2.45. The molecule has 3 aliphatic rings. The molecular formula is C58H40N2O. The van der Waals surface area contributed by atoms with Crippen LogP contribution in [0.4, 0.5) is 34.1 Å². The molecule has 3 heteroatoms. The molecule has 1 spiro atoms. The molecule has 0 saturated heterocycles. The predicted molar refractivity (Wildman–Crippen MR) is 252 cm³/mol. The number of para-hydroxylation sites is 4. The average molecular weight is 781 g/mol. The second kappa shape index (κ2) is 12.5. The SMILES string of the molecule is CC1(C)c2ccccc2-c2ccc(N(c3ccc4oc5ccccc5c4c3)c3cccc4c3-c3ccccc3C43c4ccccc4N(c4ccccc4)c4ccccc43)cc21. The van der Waals surface area contributed by atoms with E-state index in [2.05, 4.69) is 224 Å². The average Bonchev–Trinajstić information content (AvgIpc) is 3.91. The molecule has 0 unspecified atom stereocenters. The first kappa shape index (κ1) is 34.3. The number of anilines is 6. The summed E-state index contributed by atoms with van der Waals surface area (Å²) in [4.78, 5) is 4.95. The van der Waals surface area contributed by atoms with Gasteiger partial charge in [-0.2, -0.15) is 0 Å². The van der Waals surface area contributed by atoms with Crippen LogP contribution in [0.2, 0.25) is 0 Å². The number of hydrogen-bond donors (Lipinski definition) is 0. The van der Waals surface area contributed by atoms with Gasteiger partial charge in [0, 0.05) is 38.8 Å². The highest BCUT2D eigenvalue weighted by atomic mass is 16.3. The minimum atomic E-state index is -0.571. The van der Waals surface area contributed by atoms with Gasteiger partial charge in [0.1, 0.15) is 11.2 Å². The Labute approximate surface area is 355 Å². The molecule has 9 aromatic carbocycles. The van der Waals surface area contributed by atoms with Gasteiger partial charge in [-0.05, 0) is 117 Å². The molecular weight excluding hydrogens is 741 g/mol. The number of rotatable bonds is 4. The molecule has 2 aliphatic carbocycles. The van der Waals surface area contributed by atoms with Crippen molar-refractivity contribution in [3.05, 3.63) is 240 Å². The van der Waals surface area contributed by atoms with E-state index in [0.717, 1.165) is 44.7 Å². The van der Waals surface area contributed by atoms with Gasteiger partial charge < -0.3 is 14.2 Å². The Kier molecular flexibility index (Phi) is 6.99. The van der Waals surface area contributed by atoms with E-state index in [9.17, 15) is 0 Å². The quantitative estimate of drug-likeness (QED) is 0.177. The summed E-state index contributed by atoms with van der Waals surface area (Å²) in [5, 5.41) is 2.22. The highest BCUT2D eigenvalue weighted by Crippen LogP contribution is 2.65. The summed E-state index contributed by atoms with van der Waals surface area (Å²) >= 11 is 0. The maximum absolute atomic E-state index is 6.40. The fraction of sp³-hybridized carbons (Fsp3) is 0.0690. The standard InChI is InChI=1S/C58H40N2O/c1-57(2)45-22-9-6-19-40(45)41-33-31-39(36-50(41)57)59(38-32-34-55-44(35-38)42-20-8-15-30-54(42)61-55)53-29-16-26-49-56(53)43-21-7-10-23-46(43)58(49)47-24-11-13-27-51(47)60(37-17-4-3-5-18-37)52-28-14-12-25-48(52)58/h3-36H,1-2H3. The van der Waals surface area contributed by atoms with Crippen LogP contribution in [0.15, 0.2) is 211 Å². The van der Waals surface area contributed by atoms with Crippen molar-refractivity contribution in [2.75, 3.05) is 9.80 Å². The Bertz CT molecular complexity index is 3380. The van der Waals surface area contributed by atoms with Gasteiger partial charge in [0.25, 0.3) is 0 Å². The fourth-order valence-electron chi connectivity index (χ4n) is 11.3. The van der Waals surface area contributed by atoms with Crippen LogP contribution in [-0.4, -0.2) is 0 Å². The van der Waals surface area contributed by atoms with E-state index in [1.165, 1.54) is 67.0 Å². The zero-order chi connectivity index (χ0) is 40.5. The third-order valence-electron chi connectivity index (χ3n) is 13.8. The van der Waals surface area contributed by atoms with Gasteiger partial charge in [-0.25, -0.2) is 0 Å². The molecule has 13 rings (SSSR count). The van der Waals surface area contributed by atoms with Gasteiger partial charge >= 0.3 is 0 Å². The number of hydrogen-bond acceptors (Lipinski definition) is 3. The summed E-state index contributed by atoms with van der Waals surface area (Å²) in [6, 6.07) is 76.1. The summed E-state index contributed by atoms with van der Waals surface area (Å²) in [5.41, 5.74) is 20.9. The van der Waals surface area contributed by atoms with Crippen LogP contribution >= 0.6 is 0 Å². The number of fused-ring (bicyclic) bond motifs is 15. The van der Waals surface area contributed by atoms with E-state index in [0.29, 0.717) is 0 Å².